The third-order valence-corrected chi connectivity index (χ3v) is 4.81. The summed E-state index contributed by atoms with van der Waals surface area (Å²) < 4.78 is 0. The third-order valence-electron chi connectivity index (χ3n) is 4.81. The highest BCUT2D eigenvalue weighted by Gasteiger charge is 2.16. The third kappa shape index (κ3) is 1.93. The van der Waals surface area contributed by atoms with Gasteiger partial charge < -0.3 is 9.97 Å². The molecular weight excluding hydrogens is 284 g/mol. The normalized spacial score (nSPS) is 11.8. The molecule has 0 amide bonds. The average molecular weight is 304 g/mol. The van der Waals surface area contributed by atoms with Gasteiger partial charge in [-0.3, -0.25) is 4.79 Å². The molecule has 2 heterocycles. The van der Waals surface area contributed by atoms with Crippen LogP contribution in [0.5, 0.6) is 0 Å². The van der Waals surface area contributed by atoms with Crippen molar-refractivity contribution >= 4 is 32.7 Å². The first-order chi connectivity index (χ1) is 11.1. The maximum Gasteiger partial charge on any atom is 0.190 e. The molecule has 0 fully saturated rings. The number of fused-ring (bicyclic) bond motifs is 4. The van der Waals surface area contributed by atoms with Gasteiger partial charge in [-0.15, -0.1) is 0 Å². The molecule has 4 rings (SSSR count). The van der Waals surface area contributed by atoms with Gasteiger partial charge >= 0.3 is 0 Å². The fourth-order valence-electron chi connectivity index (χ4n) is 3.73. The van der Waals surface area contributed by atoms with E-state index >= 15 is 0 Å². The van der Waals surface area contributed by atoms with Crippen LogP contribution in [0, 0.1) is 13.8 Å². The van der Waals surface area contributed by atoms with Gasteiger partial charge in [0.2, 0.25) is 0 Å². The molecule has 3 nitrogen and oxygen atoms in total. The Morgan fingerprint density at radius 1 is 0.957 bits per heavy atom. The standard InChI is InChI=1S/C20H20N2O/c1-4-7-13-10-16(23)18-12(3)19-17(11(2)20(18)21-13)14-8-5-6-9-15(14)22-19/h5-6,8-10,22H,4,7H2,1-3H3,(H,21,23). The van der Waals surface area contributed by atoms with Crippen LogP contribution in [0.1, 0.15) is 30.2 Å². The number of hydrogen-bond acceptors (Lipinski definition) is 1. The van der Waals surface area contributed by atoms with Crippen LogP contribution in [0.15, 0.2) is 35.1 Å². The molecule has 4 aromatic rings. The second-order valence-electron chi connectivity index (χ2n) is 6.33. The number of pyridine rings is 1. The lowest BCUT2D eigenvalue weighted by Crippen LogP contribution is -2.08. The molecular formula is C20H20N2O. The van der Waals surface area contributed by atoms with Gasteiger partial charge in [-0.1, -0.05) is 31.5 Å². The summed E-state index contributed by atoms with van der Waals surface area (Å²) in [5.41, 5.74) is 6.48. The van der Waals surface area contributed by atoms with Crippen LogP contribution in [-0.2, 0) is 6.42 Å². The van der Waals surface area contributed by atoms with Gasteiger partial charge in [0.15, 0.2) is 5.43 Å². The van der Waals surface area contributed by atoms with Gasteiger partial charge in [0.1, 0.15) is 0 Å². The molecule has 0 aliphatic heterocycles. The smallest absolute Gasteiger partial charge is 0.190 e. The Morgan fingerprint density at radius 3 is 2.43 bits per heavy atom. The first-order valence-corrected chi connectivity index (χ1v) is 8.17. The number of H-pyrrole nitrogens is 2. The van der Waals surface area contributed by atoms with E-state index in [2.05, 4.69) is 42.0 Å². The van der Waals surface area contributed by atoms with Crippen molar-refractivity contribution in [1.29, 1.82) is 0 Å². The van der Waals surface area contributed by atoms with E-state index in [1.54, 1.807) is 6.07 Å². The molecule has 0 saturated heterocycles. The minimum absolute atomic E-state index is 0.114. The Bertz CT molecular complexity index is 1120. The zero-order chi connectivity index (χ0) is 16.1. The van der Waals surface area contributed by atoms with Crippen molar-refractivity contribution in [3.63, 3.8) is 0 Å². The van der Waals surface area contributed by atoms with Gasteiger partial charge in [-0.2, -0.15) is 0 Å². The summed E-state index contributed by atoms with van der Waals surface area (Å²) in [4.78, 5) is 19.7. The Morgan fingerprint density at radius 2 is 1.65 bits per heavy atom. The summed E-state index contributed by atoms with van der Waals surface area (Å²) in [6.45, 7) is 6.27. The molecule has 2 aromatic heterocycles. The second kappa shape index (κ2) is 4.98. The van der Waals surface area contributed by atoms with Gasteiger partial charge in [0.25, 0.3) is 0 Å². The van der Waals surface area contributed by atoms with Crippen molar-refractivity contribution in [2.24, 2.45) is 0 Å². The van der Waals surface area contributed by atoms with E-state index in [4.69, 9.17) is 0 Å². The quantitative estimate of drug-likeness (QED) is 0.552. The van der Waals surface area contributed by atoms with Crippen molar-refractivity contribution in [3.05, 3.63) is 57.4 Å². The topological polar surface area (TPSA) is 48.6 Å². The van der Waals surface area contributed by atoms with Crippen LogP contribution in [0.4, 0.5) is 0 Å². The Kier molecular flexibility index (Phi) is 3.05. The van der Waals surface area contributed by atoms with E-state index in [1.165, 1.54) is 10.8 Å². The number of rotatable bonds is 2. The van der Waals surface area contributed by atoms with Gasteiger partial charge in [-0.05, 0) is 37.5 Å². The predicted molar refractivity (Wildman–Crippen MR) is 97.4 cm³/mol. The van der Waals surface area contributed by atoms with Crippen LogP contribution in [-0.4, -0.2) is 9.97 Å². The van der Waals surface area contributed by atoms with Crippen molar-refractivity contribution in [3.8, 4) is 0 Å². The zero-order valence-corrected chi connectivity index (χ0v) is 13.7. The number of para-hydroxylation sites is 1. The maximum absolute atomic E-state index is 12.7. The lowest BCUT2D eigenvalue weighted by Gasteiger charge is -2.11. The molecule has 116 valence electrons. The summed E-state index contributed by atoms with van der Waals surface area (Å²) in [6, 6.07) is 10.1. The molecule has 2 N–H and O–H groups in total. The van der Waals surface area contributed by atoms with Gasteiger partial charge in [0.05, 0.1) is 16.4 Å². The molecule has 0 aliphatic rings. The van der Waals surface area contributed by atoms with E-state index in [9.17, 15) is 4.79 Å². The highest BCUT2D eigenvalue weighted by atomic mass is 16.1. The van der Waals surface area contributed by atoms with E-state index in [1.807, 2.05) is 13.0 Å². The van der Waals surface area contributed by atoms with Crippen LogP contribution < -0.4 is 5.43 Å². The van der Waals surface area contributed by atoms with Crippen LogP contribution in [0.3, 0.4) is 0 Å². The number of aryl methyl sites for hydroxylation is 3. The molecule has 0 saturated carbocycles. The van der Waals surface area contributed by atoms with Crippen LogP contribution >= 0.6 is 0 Å². The monoisotopic (exact) mass is 304 g/mol. The maximum atomic E-state index is 12.7. The molecule has 0 atom stereocenters. The van der Waals surface area contributed by atoms with Crippen molar-refractivity contribution in [2.75, 3.05) is 0 Å². The summed E-state index contributed by atoms with van der Waals surface area (Å²) in [7, 11) is 0. The fraction of sp³-hybridized carbons (Fsp3) is 0.250. The minimum Gasteiger partial charge on any atom is -0.358 e. The fourth-order valence-corrected chi connectivity index (χ4v) is 3.73. The molecule has 2 aromatic carbocycles. The zero-order valence-electron chi connectivity index (χ0n) is 13.7. The molecule has 0 radical (unpaired) electrons. The summed E-state index contributed by atoms with van der Waals surface area (Å²) in [5, 5.41) is 3.24. The predicted octanol–water partition coefficient (Wildman–Crippen LogP) is 4.73. The van der Waals surface area contributed by atoms with Gasteiger partial charge in [0, 0.05) is 28.0 Å². The number of aromatic nitrogens is 2. The summed E-state index contributed by atoms with van der Waals surface area (Å²) >= 11 is 0. The first kappa shape index (κ1) is 14.1. The highest BCUT2D eigenvalue weighted by molar-refractivity contribution is 6.15. The first-order valence-electron chi connectivity index (χ1n) is 8.17. The molecule has 0 bridgehead atoms. The van der Waals surface area contributed by atoms with Crippen molar-refractivity contribution < 1.29 is 0 Å². The van der Waals surface area contributed by atoms with E-state index in [-0.39, 0.29) is 5.43 Å². The van der Waals surface area contributed by atoms with Crippen molar-refractivity contribution in [2.45, 2.75) is 33.6 Å². The average Bonchev–Trinajstić information content (AvgIpc) is 2.92. The Labute approximate surface area is 134 Å². The number of nitrogens with one attached hydrogen (secondary N) is 2. The van der Waals surface area contributed by atoms with E-state index < -0.39 is 0 Å². The Balaban J connectivity index is 2.26. The SMILES string of the molecule is CCCc1cc(=O)c2c(C)c3[nH]c4ccccc4c3c(C)c2[nH]1. The molecule has 0 aliphatic carbocycles. The van der Waals surface area contributed by atoms with Crippen LogP contribution in [0.25, 0.3) is 32.7 Å². The Hall–Kier alpha value is -2.55. The summed E-state index contributed by atoms with van der Waals surface area (Å²) in [5.74, 6) is 0. The van der Waals surface area contributed by atoms with E-state index in [0.29, 0.717) is 0 Å². The molecule has 0 unspecified atom stereocenters. The second-order valence-corrected chi connectivity index (χ2v) is 6.33. The van der Waals surface area contributed by atoms with E-state index in [0.717, 1.165) is 51.6 Å². The lowest BCUT2D eigenvalue weighted by atomic mass is 9.98. The van der Waals surface area contributed by atoms with Crippen LogP contribution in [0.2, 0.25) is 0 Å². The van der Waals surface area contributed by atoms with Gasteiger partial charge in [-0.25, -0.2) is 0 Å². The highest BCUT2D eigenvalue weighted by Crippen LogP contribution is 2.34. The number of hydrogen-bond donors (Lipinski definition) is 2. The minimum atomic E-state index is 0.114. The lowest BCUT2D eigenvalue weighted by molar-refractivity contribution is 0.888. The molecule has 23 heavy (non-hydrogen) atoms. The largest absolute Gasteiger partial charge is 0.358 e. The molecule has 0 spiro atoms. The summed E-state index contributed by atoms with van der Waals surface area (Å²) in [6.07, 6.45) is 1.92. The number of aromatic amines is 2. The number of benzene rings is 2. The molecule has 3 heteroatoms. The van der Waals surface area contributed by atoms with Crippen molar-refractivity contribution in [1.82, 2.24) is 9.97 Å².